The first-order valence-electron chi connectivity index (χ1n) is 5.07. The first-order chi connectivity index (χ1) is 7.22. The molecule has 0 atom stereocenters. The Kier molecular flexibility index (Phi) is 4.60. The van der Waals surface area contributed by atoms with Gasteiger partial charge in [-0.2, -0.15) is 4.98 Å². The van der Waals surface area contributed by atoms with Gasteiger partial charge in [-0.25, -0.2) is 4.98 Å². The molecule has 0 saturated carbocycles. The predicted octanol–water partition coefficient (Wildman–Crippen LogP) is 2.10. The predicted molar refractivity (Wildman–Crippen MR) is 60.7 cm³/mol. The van der Waals surface area contributed by atoms with E-state index < -0.39 is 0 Å². The second kappa shape index (κ2) is 6.01. The molecule has 4 nitrogen and oxygen atoms in total. The van der Waals surface area contributed by atoms with E-state index in [-0.39, 0.29) is 5.95 Å². The normalized spacial score (nSPS) is 9.93. The van der Waals surface area contributed by atoms with Crippen LogP contribution in [0.3, 0.4) is 0 Å². The van der Waals surface area contributed by atoms with Crippen molar-refractivity contribution in [2.45, 2.75) is 26.2 Å². The number of nitrogens with two attached hydrogens (primary N) is 1. The van der Waals surface area contributed by atoms with Gasteiger partial charge in [-0.3, -0.25) is 0 Å². The molecule has 0 aliphatic carbocycles. The van der Waals surface area contributed by atoms with Crippen LogP contribution in [0.25, 0.3) is 0 Å². The maximum Gasteiger partial charge on any atom is 0.223 e. The number of aromatic nitrogens is 2. The second-order valence-corrected chi connectivity index (χ2v) is 3.34. The van der Waals surface area contributed by atoms with E-state index in [2.05, 4.69) is 16.5 Å². The third kappa shape index (κ3) is 4.44. The molecule has 0 unspecified atom stereocenters. The summed E-state index contributed by atoms with van der Waals surface area (Å²) >= 11 is 0. The summed E-state index contributed by atoms with van der Waals surface area (Å²) in [4.78, 5) is 7.94. The molecule has 0 saturated heterocycles. The lowest BCUT2D eigenvalue weighted by Crippen LogP contribution is -2.03. The van der Waals surface area contributed by atoms with E-state index in [4.69, 9.17) is 10.5 Å². The molecule has 0 fully saturated rings. The third-order valence-electron chi connectivity index (χ3n) is 1.90. The highest BCUT2D eigenvalue weighted by atomic mass is 16.5. The van der Waals surface area contributed by atoms with Crippen molar-refractivity contribution in [2.24, 2.45) is 0 Å². The molecule has 4 heteroatoms. The first-order valence-corrected chi connectivity index (χ1v) is 5.07. The summed E-state index contributed by atoms with van der Waals surface area (Å²) in [5, 5.41) is 0. The van der Waals surface area contributed by atoms with Crippen LogP contribution in [0.5, 0.6) is 5.88 Å². The monoisotopic (exact) mass is 207 g/mol. The van der Waals surface area contributed by atoms with Crippen molar-refractivity contribution < 1.29 is 4.74 Å². The fourth-order valence-corrected chi connectivity index (χ4v) is 1.20. The van der Waals surface area contributed by atoms with Crippen molar-refractivity contribution in [3.05, 3.63) is 24.4 Å². The lowest BCUT2D eigenvalue weighted by molar-refractivity contribution is 0.295. The molecule has 0 aliphatic heterocycles. The molecule has 82 valence electrons. The Bertz CT molecular complexity index is 305. The number of allylic oxidation sites excluding steroid dienone is 1. The van der Waals surface area contributed by atoms with Crippen LogP contribution in [-0.2, 0) is 0 Å². The Hall–Kier alpha value is -1.58. The average molecular weight is 207 g/mol. The largest absolute Gasteiger partial charge is 0.478 e. The molecular formula is C11H17N3O. The van der Waals surface area contributed by atoms with Crippen molar-refractivity contribution in [1.29, 1.82) is 0 Å². The number of nitrogen functional groups attached to an aromatic ring is 1. The summed E-state index contributed by atoms with van der Waals surface area (Å²) < 4.78 is 5.45. The van der Waals surface area contributed by atoms with Crippen LogP contribution in [0.15, 0.2) is 18.7 Å². The van der Waals surface area contributed by atoms with Gasteiger partial charge in [-0.1, -0.05) is 6.08 Å². The topological polar surface area (TPSA) is 61.0 Å². The number of anilines is 1. The number of unbranched alkanes of at least 4 members (excludes halogenated alkanes) is 2. The maximum absolute atomic E-state index is 5.50. The third-order valence-corrected chi connectivity index (χ3v) is 1.90. The summed E-state index contributed by atoms with van der Waals surface area (Å²) in [5.74, 6) is 0.815. The smallest absolute Gasteiger partial charge is 0.223 e. The average Bonchev–Trinajstić information content (AvgIpc) is 2.16. The van der Waals surface area contributed by atoms with Gasteiger partial charge in [0.25, 0.3) is 0 Å². The molecule has 1 heterocycles. The number of rotatable bonds is 6. The van der Waals surface area contributed by atoms with Gasteiger partial charge in [0.15, 0.2) is 0 Å². The van der Waals surface area contributed by atoms with Gasteiger partial charge in [0.2, 0.25) is 11.8 Å². The number of hydrogen-bond acceptors (Lipinski definition) is 4. The molecular weight excluding hydrogens is 190 g/mol. The minimum absolute atomic E-state index is 0.260. The van der Waals surface area contributed by atoms with Crippen molar-refractivity contribution in [2.75, 3.05) is 12.3 Å². The minimum atomic E-state index is 0.260. The van der Waals surface area contributed by atoms with Gasteiger partial charge < -0.3 is 10.5 Å². The second-order valence-electron chi connectivity index (χ2n) is 3.34. The molecule has 1 rings (SSSR count). The molecule has 0 aromatic carbocycles. The number of ether oxygens (including phenoxy) is 1. The van der Waals surface area contributed by atoms with E-state index >= 15 is 0 Å². The molecule has 0 radical (unpaired) electrons. The number of hydrogen-bond donors (Lipinski definition) is 1. The zero-order chi connectivity index (χ0) is 11.1. The molecule has 15 heavy (non-hydrogen) atoms. The van der Waals surface area contributed by atoms with Crippen LogP contribution in [0.4, 0.5) is 5.95 Å². The van der Waals surface area contributed by atoms with Crippen LogP contribution in [0.1, 0.15) is 25.0 Å². The highest BCUT2D eigenvalue weighted by Gasteiger charge is 1.99. The molecule has 0 bridgehead atoms. The van der Waals surface area contributed by atoms with Crippen LogP contribution in [-0.4, -0.2) is 16.6 Å². The van der Waals surface area contributed by atoms with Crippen molar-refractivity contribution in [3.63, 3.8) is 0 Å². The van der Waals surface area contributed by atoms with E-state index in [0.717, 1.165) is 25.0 Å². The van der Waals surface area contributed by atoms with Crippen LogP contribution in [0.2, 0.25) is 0 Å². The van der Waals surface area contributed by atoms with Crippen LogP contribution in [0, 0.1) is 6.92 Å². The Morgan fingerprint density at radius 2 is 2.27 bits per heavy atom. The molecule has 2 N–H and O–H groups in total. The molecule has 1 aromatic rings. The molecule has 0 aliphatic rings. The Labute approximate surface area is 90.2 Å². The number of nitrogens with zero attached hydrogens (tertiary/aromatic N) is 2. The molecule has 0 amide bonds. The van der Waals surface area contributed by atoms with Gasteiger partial charge in [0, 0.05) is 11.8 Å². The summed E-state index contributed by atoms with van der Waals surface area (Å²) in [6, 6.07) is 1.78. The maximum atomic E-state index is 5.50. The lowest BCUT2D eigenvalue weighted by atomic mass is 10.2. The zero-order valence-corrected chi connectivity index (χ0v) is 9.07. The van der Waals surface area contributed by atoms with Gasteiger partial charge in [0.1, 0.15) is 0 Å². The molecule has 1 aromatic heterocycles. The van der Waals surface area contributed by atoms with Crippen molar-refractivity contribution in [3.8, 4) is 5.88 Å². The lowest BCUT2D eigenvalue weighted by Gasteiger charge is -2.05. The zero-order valence-electron chi connectivity index (χ0n) is 9.07. The van der Waals surface area contributed by atoms with E-state index in [0.29, 0.717) is 12.5 Å². The van der Waals surface area contributed by atoms with Gasteiger partial charge in [-0.15, -0.1) is 6.58 Å². The molecule has 0 spiro atoms. The SMILES string of the molecule is C=CCCCCOc1cc(C)nc(N)n1. The summed E-state index contributed by atoms with van der Waals surface area (Å²) in [6.45, 7) is 6.18. The highest BCUT2D eigenvalue weighted by Crippen LogP contribution is 2.10. The van der Waals surface area contributed by atoms with E-state index in [1.165, 1.54) is 0 Å². The Morgan fingerprint density at radius 1 is 1.47 bits per heavy atom. The standard InChI is InChI=1S/C11H17N3O/c1-3-4-5-6-7-15-10-8-9(2)13-11(12)14-10/h3,8H,1,4-7H2,2H3,(H2,12,13,14). The summed E-state index contributed by atoms with van der Waals surface area (Å²) in [5.41, 5.74) is 6.32. The van der Waals surface area contributed by atoms with Gasteiger partial charge in [0.05, 0.1) is 6.61 Å². The van der Waals surface area contributed by atoms with E-state index in [1.807, 2.05) is 13.0 Å². The highest BCUT2D eigenvalue weighted by molar-refractivity contribution is 5.25. The van der Waals surface area contributed by atoms with Crippen molar-refractivity contribution >= 4 is 5.95 Å². The minimum Gasteiger partial charge on any atom is -0.478 e. The van der Waals surface area contributed by atoms with Gasteiger partial charge >= 0.3 is 0 Å². The summed E-state index contributed by atoms with van der Waals surface area (Å²) in [6.07, 6.45) is 5.01. The van der Waals surface area contributed by atoms with Crippen LogP contribution >= 0.6 is 0 Å². The quantitative estimate of drug-likeness (QED) is 0.573. The fraction of sp³-hybridized carbons (Fsp3) is 0.455. The fourth-order valence-electron chi connectivity index (χ4n) is 1.20. The van der Waals surface area contributed by atoms with Gasteiger partial charge in [-0.05, 0) is 26.2 Å². The Balaban J connectivity index is 2.33. The van der Waals surface area contributed by atoms with E-state index in [9.17, 15) is 0 Å². The van der Waals surface area contributed by atoms with Crippen LogP contribution < -0.4 is 10.5 Å². The Morgan fingerprint density at radius 3 is 2.93 bits per heavy atom. The van der Waals surface area contributed by atoms with E-state index in [1.54, 1.807) is 6.07 Å². The summed E-state index contributed by atoms with van der Waals surface area (Å²) in [7, 11) is 0. The van der Waals surface area contributed by atoms with Crippen molar-refractivity contribution in [1.82, 2.24) is 9.97 Å². The number of aryl methyl sites for hydroxylation is 1. The first kappa shape index (κ1) is 11.5.